The maximum Gasteiger partial charge on any atom is 0.267 e. The summed E-state index contributed by atoms with van der Waals surface area (Å²) < 4.78 is 30.9. The van der Waals surface area contributed by atoms with Gasteiger partial charge in [-0.15, -0.1) is 0 Å². The number of benzene rings is 1. The minimum atomic E-state index is -2.73. The molecule has 4 rings (SSSR count). The molecule has 0 saturated heterocycles. The van der Waals surface area contributed by atoms with E-state index in [1.165, 1.54) is 22.9 Å². The van der Waals surface area contributed by atoms with E-state index >= 15 is 0 Å². The molecule has 0 bridgehead atoms. The van der Waals surface area contributed by atoms with Gasteiger partial charge in [0.15, 0.2) is 11.5 Å². The lowest BCUT2D eigenvalue weighted by atomic mass is 10.2. The van der Waals surface area contributed by atoms with Crippen LogP contribution in [0.2, 0.25) is 0 Å². The van der Waals surface area contributed by atoms with Gasteiger partial charge in [-0.05, 0) is 43.3 Å². The highest BCUT2D eigenvalue weighted by Gasteiger charge is 2.20. The predicted molar refractivity (Wildman–Crippen MR) is 98.1 cm³/mol. The third kappa shape index (κ3) is 2.98. The molecule has 0 spiro atoms. The Kier molecular flexibility index (Phi) is 4.20. The molecule has 0 aliphatic carbocycles. The van der Waals surface area contributed by atoms with Crippen molar-refractivity contribution in [2.75, 3.05) is 0 Å². The molecule has 0 radical (unpaired) electrons. The maximum absolute atomic E-state index is 13.5. The van der Waals surface area contributed by atoms with Crippen LogP contribution in [0.3, 0.4) is 0 Å². The molecule has 134 valence electrons. The average Bonchev–Trinajstić information content (AvgIpc) is 3.23. The Hall–Kier alpha value is -3.12. The average molecular weight is 429 g/mol. The Morgan fingerprint density at radius 1 is 1.19 bits per heavy atom. The molecule has 0 aliphatic heterocycles. The highest BCUT2D eigenvalue weighted by molar-refractivity contribution is 9.10. The van der Waals surface area contributed by atoms with Crippen LogP contribution in [0.4, 0.5) is 8.78 Å². The number of alkyl halides is 2. The number of nitriles is 1. The number of rotatable bonds is 3. The zero-order valence-corrected chi connectivity index (χ0v) is 15.5. The largest absolute Gasteiger partial charge is 0.283 e. The molecule has 1 aromatic carbocycles. The molecule has 0 N–H and O–H groups in total. The normalized spacial score (nSPS) is 11.3. The van der Waals surface area contributed by atoms with Crippen LogP contribution < -0.4 is 0 Å². The third-order valence-electron chi connectivity index (χ3n) is 4.08. The summed E-state index contributed by atoms with van der Waals surface area (Å²) in [5.41, 5.74) is 1.95. The van der Waals surface area contributed by atoms with Crippen molar-refractivity contribution >= 4 is 27.0 Å². The van der Waals surface area contributed by atoms with Gasteiger partial charge in [0.2, 0.25) is 0 Å². The maximum atomic E-state index is 13.5. The van der Waals surface area contributed by atoms with Gasteiger partial charge < -0.3 is 0 Å². The minimum absolute atomic E-state index is 0.0135. The molecule has 0 atom stereocenters. The SMILES string of the molecule is Cc1cc(C#N)nn1-c1nc(-n2cnc3cc(Br)ccc32)ccc1C(F)F. The van der Waals surface area contributed by atoms with Crippen molar-refractivity contribution in [3.8, 4) is 17.7 Å². The molecule has 27 heavy (non-hydrogen) atoms. The summed E-state index contributed by atoms with van der Waals surface area (Å²) in [5.74, 6) is 0.410. The van der Waals surface area contributed by atoms with E-state index in [4.69, 9.17) is 5.26 Å². The Morgan fingerprint density at radius 3 is 2.70 bits per heavy atom. The summed E-state index contributed by atoms with van der Waals surface area (Å²) >= 11 is 3.40. The topological polar surface area (TPSA) is 72.3 Å². The van der Waals surface area contributed by atoms with Crippen LogP contribution in [0.1, 0.15) is 23.4 Å². The Morgan fingerprint density at radius 2 is 2.00 bits per heavy atom. The fourth-order valence-corrected chi connectivity index (χ4v) is 3.18. The molecule has 0 fully saturated rings. The van der Waals surface area contributed by atoms with Gasteiger partial charge in [-0.1, -0.05) is 15.9 Å². The van der Waals surface area contributed by atoms with E-state index in [9.17, 15) is 8.78 Å². The first-order valence-corrected chi connectivity index (χ1v) is 8.66. The number of aromatic nitrogens is 5. The molecular weight excluding hydrogens is 418 g/mol. The standard InChI is InChI=1S/C18H11BrF2N6/c1-10-6-12(8-22)25-27(10)18-13(17(20)21)3-5-16(24-18)26-9-23-14-7-11(19)2-4-15(14)26/h2-7,9,17H,1H3. The first-order valence-electron chi connectivity index (χ1n) is 7.87. The first kappa shape index (κ1) is 17.3. The molecule has 0 aliphatic rings. The number of fused-ring (bicyclic) bond motifs is 1. The summed E-state index contributed by atoms with van der Waals surface area (Å²) in [5, 5.41) is 13.1. The molecule has 3 heterocycles. The summed E-state index contributed by atoms with van der Waals surface area (Å²) in [6, 6.07) is 11.9. The van der Waals surface area contributed by atoms with Crippen molar-refractivity contribution in [3.63, 3.8) is 0 Å². The van der Waals surface area contributed by atoms with Gasteiger partial charge in [0, 0.05) is 10.2 Å². The van der Waals surface area contributed by atoms with Crippen LogP contribution in [0.25, 0.3) is 22.7 Å². The van der Waals surface area contributed by atoms with Crippen molar-refractivity contribution in [2.45, 2.75) is 13.3 Å². The number of aryl methyl sites for hydroxylation is 1. The van der Waals surface area contributed by atoms with Gasteiger partial charge in [-0.2, -0.15) is 10.4 Å². The molecular formula is C18H11BrF2N6. The second-order valence-corrected chi connectivity index (χ2v) is 6.74. The first-order chi connectivity index (χ1) is 13.0. The third-order valence-corrected chi connectivity index (χ3v) is 4.58. The Bertz CT molecular complexity index is 1200. The number of hydrogen-bond donors (Lipinski definition) is 0. The summed E-state index contributed by atoms with van der Waals surface area (Å²) in [6.45, 7) is 1.68. The van der Waals surface area contributed by atoms with Crippen molar-refractivity contribution in [3.05, 3.63) is 64.1 Å². The number of hydrogen-bond acceptors (Lipinski definition) is 4. The van der Waals surface area contributed by atoms with E-state index < -0.39 is 6.43 Å². The number of imidazole rings is 1. The highest BCUT2D eigenvalue weighted by Crippen LogP contribution is 2.28. The van der Waals surface area contributed by atoms with Crippen LogP contribution in [0.5, 0.6) is 0 Å². The van der Waals surface area contributed by atoms with Crippen LogP contribution in [0, 0.1) is 18.3 Å². The second kappa shape index (κ2) is 6.55. The zero-order chi connectivity index (χ0) is 19.1. The lowest BCUT2D eigenvalue weighted by Crippen LogP contribution is -2.09. The van der Waals surface area contributed by atoms with Gasteiger partial charge in [-0.3, -0.25) is 4.57 Å². The van der Waals surface area contributed by atoms with E-state index in [1.807, 2.05) is 24.3 Å². The van der Waals surface area contributed by atoms with Crippen molar-refractivity contribution in [1.29, 1.82) is 5.26 Å². The molecule has 9 heteroatoms. The van der Waals surface area contributed by atoms with Gasteiger partial charge in [0.25, 0.3) is 6.43 Å². The quantitative estimate of drug-likeness (QED) is 0.481. The highest BCUT2D eigenvalue weighted by atomic mass is 79.9. The molecule has 4 aromatic rings. The van der Waals surface area contributed by atoms with Crippen molar-refractivity contribution in [2.24, 2.45) is 0 Å². The number of halogens is 3. The van der Waals surface area contributed by atoms with Gasteiger partial charge >= 0.3 is 0 Å². The van der Waals surface area contributed by atoms with Gasteiger partial charge in [0.05, 0.1) is 16.6 Å². The fourth-order valence-electron chi connectivity index (χ4n) is 2.84. The summed E-state index contributed by atoms with van der Waals surface area (Å²) in [6.07, 6.45) is -1.15. The van der Waals surface area contributed by atoms with E-state index in [1.54, 1.807) is 17.8 Å². The van der Waals surface area contributed by atoms with Crippen molar-refractivity contribution < 1.29 is 8.78 Å². The lowest BCUT2D eigenvalue weighted by Gasteiger charge is -2.12. The van der Waals surface area contributed by atoms with E-state index in [0.29, 0.717) is 11.5 Å². The van der Waals surface area contributed by atoms with Gasteiger partial charge in [0.1, 0.15) is 18.2 Å². The smallest absolute Gasteiger partial charge is 0.267 e. The molecule has 0 unspecified atom stereocenters. The van der Waals surface area contributed by atoms with Crippen LogP contribution in [-0.2, 0) is 0 Å². The van der Waals surface area contributed by atoms with Crippen molar-refractivity contribution in [1.82, 2.24) is 24.3 Å². The predicted octanol–water partition coefficient (Wildman–Crippen LogP) is 4.49. The summed E-state index contributed by atoms with van der Waals surface area (Å²) in [7, 11) is 0. The van der Waals surface area contributed by atoms with E-state index in [-0.39, 0.29) is 17.1 Å². The molecule has 0 saturated carbocycles. The van der Waals surface area contributed by atoms with E-state index in [2.05, 4.69) is 31.0 Å². The van der Waals surface area contributed by atoms with E-state index in [0.717, 1.165) is 15.5 Å². The molecule has 6 nitrogen and oxygen atoms in total. The fraction of sp³-hybridized carbons (Fsp3) is 0.111. The van der Waals surface area contributed by atoms with Crippen LogP contribution in [-0.4, -0.2) is 24.3 Å². The minimum Gasteiger partial charge on any atom is -0.283 e. The second-order valence-electron chi connectivity index (χ2n) is 5.83. The lowest BCUT2D eigenvalue weighted by molar-refractivity contribution is 0.150. The van der Waals surface area contributed by atoms with Crippen LogP contribution in [0.15, 0.2) is 47.2 Å². The zero-order valence-electron chi connectivity index (χ0n) is 13.9. The number of nitrogens with zero attached hydrogens (tertiary/aromatic N) is 6. The molecule has 0 amide bonds. The van der Waals surface area contributed by atoms with Crippen LogP contribution >= 0.6 is 15.9 Å². The monoisotopic (exact) mass is 428 g/mol. The number of pyridine rings is 1. The van der Waals surface area contributed by atoms with Gasteiger partial charge in [-0.25, -0.2) is 23.4 Å². The molecule has 3 aromatic heterocycles. The Balaban J connectivity index is 1.93. The Labute approximate surface area is 160 Å². The summed E-state index contributed by atoms with van der Waals surface area (Å²) in [4.78, 5) is 8.74.